The van der Waals surface area contributed by atoms with Crippen LogP contribution in [0.4, 0.5) is 24.7 Å². The summed E-state index contributed by atoms with van der Waals surface area (Å²) in [4.78, 5) is 39.1. The summed E-state index contributed by atoms with van der Waals surface area (Å²) < 4.78 is 76.2. The Hall–Kier alpha value is -4.11. The fourth-order valence-corrected chi connectivity index (χ4v) is 4.95. The molecule has 1 amide bonds. The topological polar surface area (TPSA) is 165 Å². The molecule has 2 aromatic carbocycles. The molecule has 1 aromatic heterocycles. The van der Waals surface area contributed by atoms with Gasteiger partial charge in [0.05, 0.1) is 23.3 Å². The predicted molar refractivity (Wildman–Crippen MR) is 117 cm³/mol. The molecular formula is C20H16F3N5O6S. The highest BCUT2D eigenvalue weighted by molar-refractivity contribution is 7.89. The second-order valence-corrected chi connectivity index (χ2v) is 9.08. The number of hydrogen-bond acceptors (Lipinski definition) is 7. The lowest BCUT2D eigenvalue weighted by molar-refractivity contribution is -0.194. The standard InChI is InChI=1S/C20H16F3N5O6S/c1-34-12-6-4-11(5-7-12)28-15-14(16(29)26-18(28)31)19(17(30)25-15,20(21,22)23)27-35(32,33)13-8-2-10(24)3-9-13/h2-9,27H,24H2,1H3,(H,25,30)(H,26,29,31). The van der Waals surface area contributed by atoms with Gasteiger partial charge in [-0.3, -0.25) is 14.6 Å². The second kappa shape index (κ2) is 7.99. The molecule has 1 aliphatic heterocycles. The molecule has 11 nitrogen and oxygen atoms in total. The summed E-state index contributed by atoms with van der Waals surface area (Å²) in [6, 6.07) is 9.47. The largest absolute Gasteiger partial charge is 0.497 e. The van der Waals surface area contributed by atoms with Crippen LogP contribution in [0.2, 0.25) is 0 Å². The Morgan fingerprint density at radius 1 is 1.03 bits per heavy atom. The molecule has 1 atom stereocenters. The third kappa shape index (κ3) is 3.74. The van der Waals surface area contributed by atoms with Crippen molar-refractivity contribution in [1.29, 1.82) is 0 Å². The van der Waals surface area contributed by atoms with Gasteiger partial charge in [0.1, 0.15) is 11.6 Å². The number of nitrogens with two attached hydrogens (primary N) is 1. The SMILES string of the molecule is COc1ccc(-n2c3c(c(=O)[nH]c2=O)C(NS(=O)(=O)c2ccc(N)cc2)(C(F)(F)F)C(=O)N3)cc1. The van der Waals surface area contributed by atoms with Gasteiger partial charge in [0.25, 0.3) is 11.5 Å². The van der Waals surface area contributed by atoms with Gasteiger partial charge < -0.3 is 15.8 Å². The summed E-state index contributed by atoms with van der Waals surface area (Å²) in [5.74, 6) is -2.41. The van der Waals surface area contributed by atoms with Crippen molar-refractivity contribution in [2.75, 3.05) is 18.2 Å². The molecule has 4 rings (SSSR count). The number of rotatable bonds is 5. The maximum Gasteiger partial charge on any atom is 0.421 e. The minimum atomic E-state index is -5.64. The van der Waals surface area contributed by atoms with Gasteiger partial charge in [-0.2, -0.15) is 17.9 Å². The number of benzene rings is 2. The third-order valence-electron chi connectivity index (χ3n) is 5.29. The Morgan fingerprint density at radius 3 is 2.17 bits per heavy atom. The normalized spacial score (nSPS) is 17.7. The smallest absolute Gasteiger partial charge is 0.421 e. The highest BCUT2D eigenvalue weighted by Gasteiger charge is 2.69. The Morgan fingerprint density at radius 2 is 1.63 bits per heavy atom. The van der Waals surface area contributed by atoms with E-state index < -0.39 is 55.2 Å². The van der Waals surface area contributed by atoms with Crippen LogP contribution in [0.1, 0.15) is 5.56 Å². The Balaban J connectivity index is 1.99. The van der Waals surface area contributed by atoms with Crippen LogP contribution in [-0.4, -0.2) is 37.2 Å². The van der Waals surface area contributed by atoms with Crippen molar-refractivity contribution in [2.45, 2.75) is 16.6 Å². The molecule has 0 radical (unpaired) electrons. The van der Waals surface area contributed by atoms with Crippen molar-refractivity contribution < 1.29 is 31.1 Å². The van der Waals surface area contributed by atoms with E-state index in [9.17, 15) is 36.0 Å². The molecule has 15 heteroatoms. The molecule has 1 unspecified atom stereocenters. The fraction of sp³-hybridized carbons (Fsp3) is 0.150. The van der Waals surface area contributed by atoms with Gasteiger partial charge >= 0.3 is 11.9 Å². The fourth-order valence-electron chi connectivity index (χ4n) is 3.63. The molecule has 0 fully saturated rings. The minimum absolute atomic E-state index is 0.0389. The average molecular weight is 511 g/mol. The molecule has 0 spiro atoms. The molecular weight excluding hydrogens is 495 g/mol. The molecule has 3 aromatic rings. The summed E-state index contributed by atoms with van der Waals surface area (Å²) in [5.41, 5.74) is -2.57. The second-order valence-electron chi connectivity index (χ2n) is 7.39. The molecule has 5 N–H and O–H groups in total. The van der Waals surface area contributed by atoms with Gasteiger partial charge in [0.15, 0.2) is 0 Å². The summed E-state index contributed by atoms with van der Waals surface area (Å²) in [6.07, 6.45) is -5.64. The van der Waals surface area contributed by atoms with Crippen LogP contribution in [0, 0.1) is 0 Å². The number of amides is 1. The number of nitrogens with zero attached hydrogens (tertiary/aromatic N) is 1. The number of fused-ring (bicyclic) bond motifs is 1. The summed E-state index contributed by atoms with van der Waals surface area (Å²) in [5, 5.41) is 1.86. The van der Waals surface area contributed by atoms with Crippen LogP contribution in [0.3, 0.4) is 0 Å². The van der Waals surface area contributed by atoms with Gasteiger partial charge in [0, 0.05) is 5.69 Å². The number of alkyl halides is 3. The van der Waals surface area contributed by atoms with E-state index >= 15 is 0 Å². The van der Waals surface area contributed by atoms with Crippen molar-refractivity contribution in [3.05, 3.63) is 74.9 Å². The van der Waals surface area contributed by atoms with Crippen LogP contribution in [0.25, 0.3) is 5.69 Å². The molecule has 35 heavy (non-hydrogen) atoms. The monoisotopic (exact) mass is 511 g/mol. The van der Waals surface area contributed by atoms with Gasteiger partial charge in [-0.1, -0.05) is 0 Å². The van der Waals surface area contributed by atoms with Crippen LogP contribution >= 0.6 is 0 Å². The number of halogens is 3. The number of aromatic amines is 1. The van der Waals surface area contributed by atoms with Gasteiger partial charge in [0.2, 0.25) is 15.6 Å². The summed E-state index contributed by atoms with van der Waals surface area (Å²) >= 11 is 0. The van der Waals surface area contributed by atoms with Crippen LogP contribution in [0.5, 0.6) is 5.75 Å². The number of nitrogen functional groups attached to an aromatic ring is 1. The average Bonchev–Trinajstić information content (AvgIpc) is 3.07. The lowest BCUT2D eigenvalue weighted by Crippen LogP contribution is -2.61. The minimum Gasteiger partial charge on any atom is -0.497 e. The van der Waals surface area contributed by atoms with Crippen molar-refractivity contribution >= 4 is 27.4 Å². The maximum absolute atomic E-state index is 14.5. The molecule has 0 aliphatic carbocycles. The number of nitrogens with one attached hydrogen (secondary N) is 3. The zero-order chi connectivity index (χ0) is 25.8. The van der Waals surface area contributed by atoms with Crippen molar-refractivity contribution in [2.24, 2.45) is 0 Å². The third-order valence-corrected chi connectivity index (χ3v) is 6.76. The van der Waals surface area contributed by atoms with Crippen molar-refractivity contribution in [3.63, 3.8) is 0 Å². The van der Waals surface area contributed by atoms with Crippen LogP contribution < -0.4 is 31.8 Å². The molecule has 0 saturated heterocycles. The number of sulfonamides is 1. The quantitative estimate of drug-likeness (QED) is 0.368. The number of carbonyl (C=O) groups is 1. The molecule has 184 valence electrons. The van der Waals surface area contributed by atoms with E-state index in [0.717, 1.165) is 24.3 Å². The summed E-state index contributed by atoms with van der Waals surface area (Å²) in [7, 11) is -3.67. The number of H-pyrrole nitrogens is 1. The Kier molecular flexibility index (Phi) is 5.48. The van der Waals surface area contributed by atoms with E-state index in [4.69, 9.17) is 10.5 Å². The molecule has 0 bridgehead atoms. The number of methoxy groups -OCH3 is 1. The van der Waals surface area contributed by atoms with Crippen molar-refractivity contribution in [3.8, 4) is 11.4 Å². The van der Waals surface area contributed by atoms with E-state index in [2.05, 4.69) is 0 Å². The van der Waals surface area contributed by atoms with Crippen molar-refractivity contribution in [1.82, 2.24) is 14.3 Å². The van der Waals surface area contributed by atoms with E-state index in [1.165, 1.54) is 36.1 Å². The first-order chi connectivity index (χ1) is 16.3. The first kappa shape index (κ1) is 24.0. The zero-order valence-electron chi connectivity index (χ0n) is 17.6. The van der Waals surface area contributed by atoms with Gasteiger partial charge in [-0.25, -0.2) is 17.8 Å². The zero-order valence-corrected chi connectivity index (χ0v) is 18.5. The molecule has 0 saturated carbocycles. The van der Waals surface area contributed by atoms with E-state index in [-0.39, 0.29) is 11.4 Å². The highest BCUT2D eigenvalue weighted by Crippen LogP contribution is 2.46. The Bertz CT molecular complexity index is 1550. The number of ether oxygens (including phenoxy) is 1. The van der Waals surface area contributed by atoms with E-state index in [1.54, 1.807) is 4.98 Å². The maximum atomic E-state index is 14.5. The van der Waals surface area contributed by atoms with E-state index in [0.29, 0.717) is 10.3 Å². The lowest BCUT2D eigenvalue weighted by atomic mass is 9.93. The van der Waals surface area contributed by atoms with E-state index in [1.807, 2.05) is 5.32 Å². The lowest BCUT2D eigenvalue weighted by Gasteiger charge is -2.29. The van der Waals surface area contributed by atoms with Gasteiger partial charge in [-0.05, 0) is 48.5 Å². The predicted octanol–water partition coefficient (Wildman–Crippen LogP) is 0.805. The van der Waals surface area contributed by atoms with Gasteiger partial charge in [-0.15, -0.1) is 0 Å². The highest BCUT2D eigenvalue weighted by atomic mass is 32.2. The number of carbonyl (C=O) groups excluding carboxylic acids is 1. The first-order valence-corrected chi connectivity index (χ1v) is 11.1. The van der Waals surface area contributed by atoms with Crippen LogP contribution in [0.15, 0.2) is 63.0 Å². The van der Waals surface area contributed by atoms with Crippen LogP contribution in [-0.2, 0) is 20.4 Å². The molecule has 2 heterocycles. The summed E-state index contributed by atoms with van der Waals surface area (Å²) in [6.45, 7) is 0. The number of hydrogen-bond donors (Lipinski definition) is 4. The number of anilines is 2. The molecule has 1 aliphatic rings. The first-order valence-electron chi connectivity index (χ1n) is 9.64. The number of aromatic nitrogens is 2. The Labute approximate surface area is 194 Å².